The van der Waals surface area contributed by atoms with Gasteiger partial charge >= 0.3 is 0 Å². The van der Waals surface area contributed by atoms with Crippen LogP contribution in [0.25, 0.3) is 11.6 Å². The molecule has 0 spiro atoms. The molecule has 2 heterocycles. The fourth-order valence-corrected chi connectivity index (χ4v) is 5.11. The maximum absolute atomic E-state index is 13.4. The molecule has 0 saturated carbocycles. The number of carbonyl (C=O) groups excluding carboxylic acids is 2. The molecule has 2 aliphatic heterocycles. The number of hydrogen-bond donors (Lipinski definition) is 1. The van der Waals surface area contributed by atoms with E-state index < -0.39 is 11.8 Å². The zero-order valence-electron chi connectivity index (χ0n) is 19.7. The molecule has 2 aromatic rings. The first kappa shape index (κ1) is 22.9. The van der Waals surface area contributed by atoms with Gasteiger partial charge in [-0.15, -0.1) is 0 Å². The summed E-state index contributed by atoms with van der Waals surface area (Å²) in [5.74, 6) is -0.887. The van der Waals surface area contributed by atoms with Gasteiger partial charge in [0.1, 0.15) is 5.57 Å². The number of allylic oxidation sites excluding steroid dienone is 1. The van der Waals surface area contributed by atoms with Gasteiger partial charge in [-0.2, -0.15) is 0 Å². The Balaban J connectivity index is 1.76. The second kappa shape index (κ2) is 8.60. The molecular formula is C27H29N3O2S. The van der Waals surface area contributed by atoms with Gasteiger partial charge in [-0.05, 0) is 87.3 Å². The molecule has 2 aliphatic rings. The molecule has 0 atom stereocenters. The number of nitrogens with zero attached hydrogens (tertiary/aromatic N) is 2. The quantitative estimate of drug-likeness (QED) is 0.393. The highest BCUT2D eigenvalue weighted by molar-refractivity contribution is 7.80. The van der Waals surface area contributed by atoms with E-state index in [4.69, 9.17) is 12.2 Å². The summed E-state index contributed by atoms with van der Waals surface area (Å²) in [4.78, 5) is 30.0. The van der Waals surface area contributed by atoms with Crippen LogP contribution in [0.3, 0.4) is 0 Å². The smallest absolute Gasteiger partial charge is 0.270 e. The average molecular weight is 460 g/mol. The van der Waals surface area contributed by atoms with Crippen molar-refractivity contribution in [3.63, 3.8) is 0 Å². The number of thiocarbonyl (C=S) groups is 1. The molecule has 170 valence electrons. The van der Waals surface area contributed by atoms with Gasteiger partial charge in [0.15, 0.2) is 5.11 Å². The largest absolute Gasteiger partial charge is 0.363 e. The Kier molecular flexibility index (Phi) is 5.97. The summed E-state index contributed by atoms with van der Waals surface area (Å²) < 4.78 is 0. The number of likely N-dealkylation sites (N-methyl/N-ethyl adjacent to an activating group) is 1. The Bertz CT molecular complexity index is 1230. The van der Waals surface area contributed by atoms with Gasteiger partial charge in [-0.1, -0.05) is 37.3 Å². The van der Waals surface area contributed by atoms with Crippen molar-refractivity contribution in [1.82, 2.24) is 5.32 Å². The van der Waals surface area contributed by atoms with Crippen LogP contribution in [0.15, 0.2) is 54.1 Å². The monoisotopic (exact) mass is 459 g/mol. The van der Waals surface area contributed by atoms with Gasteiger partial charge in [0.25, 0.3) is 11.8 Å². The van der Waals surface area contributed by atoms with Crippen molar-refractivity contribution in [2.75, 3.05) is 16.3 Å². The van der Waals surface area contributed by atoms with E-state index in [2.05, 4.69) is 50.1 Å². The van der Waals surface area contributed by atoms with E-state index >= 15 is 0 Å². The molecule has 5 nitrogen and oxygen atoms in total. The van der Waals surface area contributed by atoms with Gasteiger partial charge in [-0.3, -0.25) is 19.8 Å². The molecule has 2 aromatic carbocycles. The molecular weight excluding hydrogens is 430 g/mol. The summed E-state index contributed by atoms with van der Waals surface area (Å²) >= 11 is 5.36. The topological polar surface area (TPSA) is 52.7 Å². The van der Waals surface area contributed by atoms with Crippen LogP contribution in [0.1, 0.15) is 51.3 Å². The van der Waals surface area contributed by atoms with Crippen LogP contribution in [-0.2, 0) is 16.0 Å². The second-order valence-electron chi connectivity index (χ2n) is 8.94. The van der Waals surface area contributed by atoms with Crippen LogP contribution in [0.5, 0.6) is 0 Å². The third-order valence-corrected chi connectivity index (χ3v) is 6.63. The molecule has 4 rings (SSSR count). The van der Waals surface area contributed by atoms with Crippen molar-refractivity contribution >= 4 is 52.2 Å². The summed E-state index contributed by atoms with van der Waals surface area (Å²) in [6.45, 7) is 11.6. The SMILES string of the molecule is CCc1ccccc1N1C(=O)/C(=C/c2ccc3c(c2)C(C)=CC(C)(C)N3CC)C(=O)NC1=S. The highest BCUT2D eigenvalue weighted by Gasteiger charge is 2.35. The maximum atomic E-state index is 13.4. The standard InChI is InChI=1S/C27H29N3O2S/c1-6-19-10-8-9-11-22(19)30-25(32)21(24(31)28-26(30)33)15-18-12-13-23-20(14-18)17(3)16-27(4,5)29(23)7-2/h8-16H,6-7H2,1-5H3,(H,28,31,33)/b21-15+. The lowest BCUT2D eigenvalue weighted by molar-refractivity contribution is -0.122. The Morgan fingerprint density at radius 1 is 1.06 bits per heavy atom. The number of amides is 2. The molecule has 0 aromatic heterocycles. The van der Waals surface area contributed by atoms with Crippen molar-refractivity contribution in [1.29, 1.82) is 0 Å². The van der Waals surface area contributed by atoms with Crippen molar-refractivity contribution < 1.29 is 9.59 Å². The van der Waals surface area contributed by atoms with E-state index in [1.165, 1.54) is 10.5 Å². The van der Waals surface area contributed by atoms with E-state index in [1.807, 2.05) is 43.3 Å². The van der Waals surface area contributed by atoms with Crippen LogP contribution in [0.2, 0.25) is 0 Å². The molecule has 2 amide bonds. The molecule has 0 unspecified atom stereocenters. The van der Waals surface area contributed by atoms with Crippen LogP contribution in [-0.4, -0.2) is 29.0 Å². The van der Waals surface area contributed by atoms with Crippen molar-refractivity contribution in [2.45, 2.75) is 46.6 Å². The predicted octanol–water partition coefficient (Wildman–Crippen LogP) is 5.10. The van der Waals surface area contributed by atoms with Gasteiger partial charge in [0, 0.05) is 17.8 Å². The summed E-state index contributed by atoms with van der Waals surface area (Å²) in [7, 11) is 0. The molecule has 0 bridgehead atoms. The minimum Gasteiger partial charge on any atom is -0.363 e. The van der Waals surface area contributed by atoms with Crippen LogP contribution >= 0.6 is 12.2 Å². The molecule has 1 fully saturated rings. The lowest BCUT2D eigenvalue weighted by atomic mass is 9.88. The summed E-state index contributed by atoms with van der Waals surface area (Å²) in [6.07, 6.45) is 4.66. The Morgan fingerprint density at radius 2 is 1.79 bits per heavy atom. The van der Waals surface area contributed by atoms with Crippen LogP contribution in [0, 0.1) is 0 Å². The summed E-state index contributed by atoms with van der Waals surface area (Å²) in [5, 5.41) is 2.79. The van der Waals surface area contributed by atoms with Gasteiger partial charge < -0.3 is 4.90 Å². The molecule has 0 radical (unpaired) electrons. The fraction of sp³-hybridized carbons (Fsp3) is 0.296. The highest BCUT2D eigenvalue weighted by atomic mass is 32.1. The molecule has 0 aliphatic carbocycles. The Labute approximate surface area is 200 Å². The number of rotatable bonds is 4. The minimum absolute atomic E-state index is 0.0691. The third-order valence-electron chi connectivity index (χ3n) is 6.34. The molecule has 33 heavy (non-hydrogen) atoms. The van der Waals surface area contributed by atoms with Crippen molar-refractivity contribution in [3.05, 3.63) is 70.8 Å². The Morgan fingerprint density at radius 3 is 2.48 bits per heavy atom. The summed E-state index contributed by atoms with van der Waals surface area (Å²) in [5.41, 5.74) is 5.92. The van der Waals surface area contributed by atoms with Crippen LogP contribution in [0.4, 0.5) is 11.4 Å². The highest BCUT2D eigenvalue weighted by Crippen LogP contribution is 2.39. The second-order valence-corrected chi connectivity index (χ2v) is 9.33. The maximum Gasteiger partial charge on any atom is 0.270 e. The van der Waals surface area contributed by atoms with E-state index in [-0.39, 0.29) is 16.2 Å². The first-order chi connectivity index (χ1) is 15.7. The number of nitrogens with one attached hydrogen (secondary N) is 1. The zero-order valence-corrected chi connectivity index (χ0v) is 20.5. The first-order valence-electron chi connectivity index (χ1n) is 11.3. The number of aryl methyl sites for hydroxylation is 1. The van der Waals surface area contributed by atoms with Gasteiger partial charge in [-0.25, -0.2) is 0 Å². The molecule has 1 saturated heterocycles. The number of para-hydroxylation sites is 1. The number of benzene rings is 2. The predicted molar refractivity (Wildman–Crippen MR) is 139 cm³/mol. The van der Waals surface area contributed by atoms with Crippen LogP contribution < -0.4 is 15.1 Å². The summed E-state index contributed by atoms with van der Waals surface area (Å²) in [6, 6.07) is 13.7. The minimum atomic E-state index is -0.475. The average Bonchev–Trinajstić information content (AvgIpc) is 2.77. The lowest BCUT2D eigenvalue weighted by Crippen LogP contribution is -2.54. The lowest BCUT2D eigenvalue weighted by Gasteiger charge is -2.42. The van der Waals surface area contributed by atoms with Crippen molar-refractivity contribution in [2.24, 2.45) is 0 Å². The van der Waals surface area contributed by atoms with Crippen molar-refractivity contribution in [3.8, 4) is 0 Å². The van der Waals surface area contributed by atoms with E-state index in [1.54, 1.807) is 6.08 Å². The fourth-order valence-electron chi connectivity index (χ4n) is 4.84. The molecule has 1 N–H and O–H groups in total. The number of fused-ring (bicyclic) bond motifs is 1. The van der Waals surface area contributed by atoms with Gasteiger partial charge in [0.05, 0.1) is 11.2 Å². The normalized spacial score (nSPS) is 18.9. The first-order valence-corrected chi connectivity index (χ1v) is 11.7. The van der Waals surface area contributed by atoms with E-state index in [0.29, 0.717) is 5.69 Å². The number of hydrogen-bond acceptors (Lipinski definition) is 4. The van der Waals surface area contributed by atoms with Gasteiger partial charge in [0.2, 0.25) is 0 Å². The van der Waals surface area contributed by atoms with E-state index in [0.717, 1.165) is 35.3 Å². The van der Waals surface area contributed by atoms with E-state index in [9.17, 15) is 9.59 Å². The third kappa shape index (κ3) is 4.00. The number of carbonyl (C=O) groups is 2. The number of anilines is 2. The zero-order chi connectivity index (χ0) is 23.9. The Hall–Kier alpha value is -3.25. The molecule has 6 heteroatoms.